The average Bonchev–Trinajstić information content (AvgIpc) is 2.78. The van der Waals surface area contributed by atoms with Crippen LogP contribution in [0.15, 0.2) is 60.8 Å². The Kier molecular flexibility index (Phi) is 6.66. The number of aromatic nitrogens is 1. The molecule has 0 bridgehead atoms. The number of benzene rings is 2. The van der Waals surface area contributed by atoms with Crippen LogP contribution in [0.4, 0.5) is 17.1 Å². The third kappa shape index (κ3) is 4.58. The lowest BCUT2D eigenvalue weighted by atomic mass is 10.0. The number of nitrogens with two attached hydrogens (primary N) is 1. The fourth-order valence-electron chi connectivity index (χ4n) is 3.15. The molecule has 6 nitrogen and oxygen atoms in total. The molecule has 0 aliphatic carbocycles. The quantitative estimate of drug-likeness (QED) is 0.444. The maximum absolute atomic E-state index is 12.8. The molecule has 0 unspecified atom stereocenters. The Balaban J connectivity index is 1.81. The number of amides is 1. The number of nitrogens with one attached hydrogen (secondary N) is 1. The zero-order valence-corrected chi connectivity index (χ0v) is 17.2. The molecular weight excluding hydrogens is 374 g/mol. The van der Waals surface area contributed by atoms with Crippen molar-refractivity contribution in [2.45, 2.75) is 19.8 Å². The molecule has 0 saturated heterocycles. The van der Waals surface area contributed by atoms with E-state index in [-0.39, 0.29) is 5.91 Å². The first kappa shape index (κ1) is 20.9. The second-order valence-electron chi connectivity index (χ2n) is 7.01. The molecular formula is C24H25N5O. The molecule has 0 radical (unpaired) electrons. The maximum atomic E-state index is 12.8. The van der Waals surface area contributed by atoms with E-state index in [0.717, 1.165) is 30.6 Å². The van der Waals surface area contributed by atoms with E-state index in [1.807, 2.05) is 30.3 Å². The molecule has 0 aliphatic rings. The molecule has 1 aromatic heterocycles. The molecule has 0 atom stereocenters. The van der Waals surface area contributed by atoms with Gasteiger partial charge in [0.25, 0.3) is 5.91 Å². The summed E-state index contributed by atoms with van der Waals surface area (Å²) in [5.41, 5.74) is 10.4. The first-order valence-electron chi connectivity index (χ1n) is 9.92. The van der Waals surface area contributed by atoms with Crippen molar-refractivity contribution < 1.29 is 4.79 Å². The van der Waals surface area contributed by atoms with Crippen LogP contribution in [0.5, 0.6) is 0 Å². The van der Waals surface area contributed by atoms with Crippen molar-refractivity contribution in [3.05, 3.63) is 71.9 Å². The van der Waals surface area contributed by atoms with Crippen LogP contribution in [0.1, 0.15) is 35.7 Å². The minimum atomic E-state index is -0.164. The van der Waals surface area contributed by atoms with Crippen molar-refractivity contribution in [2.24, 2.45) is 0 Å². The van der Waals surface area contributed by atoms with Crippen molar-refractivity contribution in [1.29, 1.82) is 5.26 Å². The van der Waals surface area contributed by atoms with Gasteiger partial charge in [-0.2, -0.15) is 5.26 Å². The number of carbonyl (C=O) groups excluding carboxylic acids is 1. The molecule has 30 heavy (non-hydrogen) atoms. The number of unbranched alkanes of at least 4 members (excludes halogenated alkanes) is 1. The van der Waals surface area contributed by atoms with Gasteiger partial charge in [0.2, 0.25) is 0 Å². The number of nitrogens with zero attached hydrogens (tertiary/aromatic N) is 3. The van der Waals surface area contributed by atoms with Gasteiger partial charge in [0, 0.05) is 24.7 Å². The van der Waals surface area contributed by atoms with Crippen LogP contribution < -0.4 is 16.0 Å². The topological polar surface area (TPSA) is 95.0 Å². The first-order chi connectivity index (χ1) is 14.5. The molecule has 1 amide bonds. The molecule has 0 aliphatic heterocycles. The van der Waals surface area contributed by atoms with E-state index in [0.29, 0.717) is 28.2 Å². The predicted octanol–water partition coefficient (Wildman–Crippen LogP) is 4.69. The highest BCUT2D eigenvalue weighted by molar-refractivity contribution is 6.07. The summed E-state index contributed by atoms with van der Waals surface area (Å²) in [6, 6.07) is 18.4. The monoisotopic (exact) mass is 399 g/mol. The summed E-state index contributed by atoms with van der Waals surface area (Å²) in [6.07, 6.45) is 3.89. The Bertz CT molecular complexity index is 1070. The summed E-state index contributed by atoms with van der Waals surface area (Å²) in [6.45, 7) is 2.98. The molecule has 2 aromatic carbocycles. The predicted molar refractivity (Wildman–Crippen MR) is 121 cm³/mol. The standard InChI is InChI=1S/C24H25N5O/c1-3-4-13-27-20-14-19(15-25)23(28-16-20)17-9-11-18(12-10-17)24(30)29(2)22-8-6-5-7-21(22)26/h5-12,14,16,27H,3-4,13,26H2,1-2H3. The van der Waals surface area contributed by atoms with Gasteiger partial charge in [-0.25, -0.2) is 0 Å². The lowest BCUT2D eigenvalue weighted by molar-refractivity contribution is 0.0993. The van der Waals surface area contributed by atoms with Crippen LogP contribution in [0.3, 0.4) is 0 Å². The van der Waals surface area contributed by atoms with E-state index < -0.39 is 0 Å². The highest BCUT2D eigenvalue weighted by atomic mass is 16.2. The van der Waals surface area contributed by atoms with Crippen molar-refractivity contribution in [3.63, 3.8) is 0 Å². The van der Waals surface area contributed by atoms with Gasteiger partial charge >= 0.3 is 0 Å². The van der Waals surface area contributed by atoms with Crippen LogP contribution in [-0.2, 0) is 0 Å². The normalized spacial score (nSPS) is 10.3. The lowest BCUT2D eigenvalue weighted by Gasteiger charge is -2.19. The SMILES string of the molecule is CCCCNc1cnc(-c2ccc(C(=O)N(C)c3ccccc3N)cc2)c(C#N)c1. The number of hydrogen-bond donors (Lipinski definition) is 2. The van der Waals surface area contributed by atoms with E-state index in [2.05, 4.69) is 23.3 Å². The van der Waals surface area contributed by atoms with Gasteiger partial charge in [-0.15, -0.1) is 0 Å². The second-order valence-corrected chi connectivity index (χ2v) is 7.01. The van der Waals surface area contributed by atoms with E-state index in [9.17, 15) is 10.1 Å². The maximum Gasteiger partial charge on any atom is 0.258 e. The second kappa shape index (κ2) is 9.57. The minimum absolute atomic E-state index is 0.164. The van der Waals surface area contributed by atoms with Gasteiger partial charge in [0.05, 0.1) is 34.5 Å². The zero-order chi connectivity index (χ0) is 21.5. The molecule has 3 N–H and O–H groups in total. The molecule has 0 saturated carbocycles. The van der Waals surface area contributed by atoms with Crippen LogP contribution >= 0.6 is 0 Å². The fraction of sp³-hybridized carbons (Fsp3) is 0.208. The average molecular weight is 399 g/mol. The minimum Gasteiger partial charge on any atom is -0.397 e. The largest absolute Gasteiger partial charge is 0.397 e. The van der Waals surface area contributed by atoms with Gasteiger partial charge in [-0.3, -0.25) is 9.78 Å². The summed E-state index contributed by atoms with van der Waals surface area (Å²) in [4.78, 5) is 18.8. The summed E-state index contributed by atoms with van der Waals surface area (Å²) in [5.74, 6) is -0.164. The summed E-state index contributed by atoms with van der Waals surface area (Å²) >= 11 is 0. The van der Waals surface area contributed by atoms with Gasteiger partial charge in [-0.05, 0) is 36.8 Å². The molecule has 1 heterocycles. The van der Waals surface area contributed by atoms with Gasteiger partial charge in [0.15, 0.2) is 0 Å². The van der Waals surface area contributed by atoms with Gasteiger partial charge in [0.1, 0.15) is 6.07 Å². The Morgan fingerprint density at radius 3 is 2.60 bits per heavy atom. The van der Waals surface area contributed by atoms with Crippen molar-refractivity contribution in [2.75, 3.05) is 29.5 Å². The number of nitriles is 1. The van der Waals surface area contributed by atoms with Crippen molar-refractivity contribution in [3.8, 4) is 17.3 Å². The Morgan fingerprint density at radius 1 is 1.20 bits per heavy atom. The van der Waals surface area contributed by atoms with E-state index >= 15 is 0 Å². The van der Waals surface area contributed by atoms with Crippen LogP contribution in [-0.4, -0.2) is 24.5 Å². The molecule has 152 valence electrons. The molecule has 3 aromatic rings. The van der Waals surface area contributed by atoms with E-state index in [4.69, 9.17) is 5.73 Å². The van der Waals surface area contributed by atoms with Gasteiger partial charge in [-0.1, -0.05) is 37.6 Å². The number of nitrogen functional groups attached to an aromatic ring is 1. The van der Waals surface area contributed by atoms with Crippen molar-refractivity contribution in [1.82, 2.24) is 4.98 Å². The third-order valence-electron chi connectivity index (χ3n) is 4.88. The number of para-hydroxylation sites is 2. The number of rotatable bonds is 7. The molecule has 3 rings (SSSR count). The zero-order valence-electron chi connectivity index (χ0n) is 17.2. The number of hydrogen-bond acceptors (Lipinski definition) is 5. The van der Waals surface area contributed by atoms with E-state index in [1.54, 1.807) is 37.5 Å². The highest BCUT2D eigenvalue weighted by Crippen LogP contribution is 2.26. The summed E-state index contributed by atoms with van der Waals surface area (Å²) in [7, 11) is 1.70. The van der Waals surface area contributed by atoms with Crippen LogP contribution in [0.25, 0.3) is 11.3 Å². The van der Waals surface area contributed by atoms with Gasteiger partial charge < -0.3 is 16.0 Å². The Morgan fingerprint density at radius 2 is 1.93 bits per heavy atom. The summed E-state index contributed by atoms with van der Waals surface area (Å²) in [5, 5.41) is 12.8. The van der Waals surface area contributed by atoms with E-state index in [1.165, 1.54) is 4.90 Å². The smallest absolute Gasteiger partial charge is 0.258 e. The molecule has 6 heteroatoms. The molecule has 0 fully saturated rings. The first-order valence-corrected chi connectivity index (χ1v) is 9.92. The van der Waals surface area contributed by atoms with Crippen LogP contribution in [0, 0.1) is 11.3 Å². The number of carbonyl (C=O) groups is 1. The fourth-order valence-corrected chi connectivity index (χ4v) is 3.15. The number of pyridine rings is 1. The van der Waals surface area contributed by atoms with Crippen LogP contribution in [0.2, 0.25) is 0 Å². The third-order valence-corrected chi connectivity index (χ3v) is 4.88. The number of anilines is 3. The molecule has 0 spiro atoms. The highest BCUT2D eigenvalue weighted by Gasteiger charge is 2.16. The lowest BCUT2D eigenvalue weighted by Crippen LogP contribution is -2.26. The summed E-state index contributed by atoms with van der Waals surface area (Å²) < 4.78 is 0. The van der Waals surface area contributed by atoms with Crippen molar-refractivity contribution >= 4 is 23.0 Å². The Labute approximate surface area is 177 Å². The Hall–Kier alpha value is -3.85.